The topological polar surface area (TPSA) is 38.5 Å². The molecular weight excluding hydrogens is 280 g/mol. The zero-order valence-corrected chi connectivity index (χ0v) is 12.2. The summed E-state index contributed by atoms with van der Waals surface area (Å²) in [6.07, 6.45) is 0. The minimum Gasteiger partial charge on any atom is -0.492 e. The first-order valence-electron chi connectivity index (χ1n) is 6.04. The van der Waals surface area contributed by atoms with Gasteiger partial charge < -0.3 is 15.4 Å². The highest BCUT2D eigenvalue weighted by Crippen LogP contribution is 2.22. The van der Waals surface area contributed by atoms with Gasteiger partial charge >= 0.3 is 0 Å². The summed E-state index contributed by atoms with van der Waals surface area (Å²) in [7, 11) is 0. The van der Waals surface area contributed by atoms with Gasteiger partial charge in [-0.05, 0) is 30.8 Å². The van der Waals surface area contributed by atoms with Crippen molar-refractivity contribution in [3.05, 3.63) is 28.2 Å². The molecule has 0 spiro atoms. The summed E-state index contributed by atoms with van der Waals surface area (Å²) in [5.41, 5.74) is 6.70. The highest BCUT2D eigenvalue weighted by atomic mass is 79.9. The molecule has 0 heterocycles. The van der Waals surface area contributed by atoms with Gasteiger partial charge in [0.15, 0.2) is 0 Å². The van der Waals surface area contributed by atoms with E-state index in [4.69, 9.17) is 10.5 Å². The number of benzene rings is 1. The summed E-state index contributed by atoms with van der Waals surface area (Å²) < 4.78 is 6.72. The Morgan fingerprint density at radius 1 is 1.29 bits per heavy atom. The molecule has 17 heavy (non-hydrogen) atoms. The van der Waals surface area contributed by atoms with Crippen LogP contribution in [0.3, 0.4) is 0 Å². The van der Waals surface area contributed by atoms with Gasteiger partial charge in [-0.3, -0.25) is 0 Å². The Bertz CT molecular complexity index is 340. The Kier molecular flexibility index (Phi) is 6.55. The lowest BCUT2D eigenvalue weighted by Gasteiger charge is -2.18. The van der Waals surface area contributed by atoms with Gasteiger partial charge in [-0.2, -0.15) is 0 Å². The maximum Gasteiger partial charge on any atom is 0.120 e. The smallest absolute Gasteiger partial charge is 0.120 e. The van der Waals surface area contributed by atoms with Crippen LogP contribution < -0.4 is 10.5 Å². The lowest BCUT2D eigenvalue weighted by Crippen LogP contribution is -2.27. The number of likely N-dealkylation sites (N-methyl/N-ethyl adjacent to an activating group) is 1. The maximum atomic E-state index is 5.71. The number of ether oxygens (including phenoxy) is 1. The van der Waals surface area contributed by atoms with E-state index in [-0.39, 0.29) is 0 Å². The molecule has 0 aliphatic rings. The molecule has 96 valence electrons. The molecule has 0 unspecified atom stereocenters. The first-order chi connectivity index (χ1) is 8.21. The van der Waals surface area contributed by atoms with Gasteiger partial charge in [-0.15, -0.1) is 0 Å². The number of nitrogens with zero attached hydrogens (tertiary/aromatic N) is 1. The number of rotatable bonds is 7. The van der Waals surface area contributed by atoms with Crippen LogP contribution in [0, 0.1) is 0 Å². The fourth-order valence-electron chi connectivity index (χ4n) is 1.62. The molecule has 3 nitrogen and oxygen atoms in total. The largest absolute Gasteiger partial charge is 0.492 e. The van der Waals surface area contributed by atoms with E-state index in [0.29, 0.717) is 6.54 Å². The Morgan fingerprint density at radius 3 is 2.53 bits per heavy atom. The molecule has 0 aliphatic carbocycles. The zero-order valence-electron chi connectivity index (χ0n) is 10.6. The Hall–Kier alpha value is -0.580. The predicted molar refractivity (Wildman–Crippen MR) is 75.3 cm³/mol. The minimum atomic E-state index is 0.542. The van der Waals surface area contributed by atoms with Crippen molar-refractivity contribution < 1.29 is 4.74 Å². The molecule has 0 saturated carbocycles. The fraction of sp³-hybridized carbons (Fsp3) is 0.538. The number of halogens is 1. The minimum absolute atomic E-state index is 0.542. The average molecular weight is 301 g/mol. The molecule has 0 fully saturated rings. The Morgan fingerprint density at radius 2 is 2.00 bits per heavy atom. The monoisotopic (exact) mass is 300 g/mol. The van der Waals surface area contributed by atoms with Crippen molar-refractivity contribution in [1.82, 2.24) is 4.90 Å². The number of hydrogen-bond donors (Lipinski definition) is 1. The summed E-state index contributed by atoms with van der Waals surface area (Å²) >= 11 is 3.49. The Balaban J connectivity index is 2.44. The van der Waals surface area contributed by atoms with Crippen molar-refractivity contribution in [3.8, 4) is 5.75 Å². The van der Waals surface area contributed by atoms with E-state index in [1.807, 2.05) is 18.2 Å². The molecule has 0 aromatic heterocycles. The van der Waals surface area contributed by atoms with E-state index in [0.717, 1.165) is 42.0 Å². The second-order valence-electron chi connectivity index (χ2n) is 3.83. The first kappa shape index (κ1) is 14.5. The van der Waals surface area contributed by atoms with E-state index in [1.165, 1.54) is 0 Å². The molecule has 1 aromatic rings. The highest BCUT2D eigenvalue weighted by Gasteiger charge is 2.02. The summed E-state index contributed by atoms with van der Waals surface area (Å²) in [6.45, 7) is 8.68. The third-order valence-corrected chi connectivity index (χ3v) is 3.55. The van der Waals surface area contributed by atoms with Crippen molar-refractivity contribution in [3.63, 3.8) is 0 Å². The van der Waals surface area contributed by atoms with Crippen LogP contribution in [0.1, 0.15) is 19.4 Å². The van der Waals surface area contributed by atoms with Gasteiger partial charge in [0.25, 0.3) is 0 Å². The van der Waals surface area contributed by atoms with Gasteiger partial charge in [0.1, 0.15) is 12.4 Å². The van der Waals surface area contributed by atoms with Crippen LogP contribution in [0.5, 0.6) is 5.75 Å². The van der Waals surface area contributed by atoms with Crippen molar-refractivity contribution >= 4 is 15.9 Å². The van der Waals surface area contributed by atoms with Crippen LogP contribution in [-0.4, -0.2) is 31.1 Å². The first-order valence-corrected chi connectivity index (χ1v) is 6.84. The van der Waals surface area contributed by atoms with Gasteiger partial charge in [-0.1, -0.05) is 35.8 Å². The quantitative estimate of drug-likeness (QED) is 0.841. The predicted octanol–water partition coefficient (Wildman–Crippen LogP) is 2.63. The van der Waals surface area contributed by atoms with Crippen LogP contribution >= 0.6 is 15.9 Å². The molecule has 0 saturated heterocycles. The van der Waals surface area contributed by atoms with Gasteiger partial charge in [0, 0.05) is 17.6 Å². The second-order valence-corrected chi connectivity index (χ2v) is 4.69. The summed E-state index contributed by atoms with van der Waals surface area (Å²) in [4.78, 5) is 2.34. The lowest BCUT2D eigenvalue weighted by molar-refractivity contribution is 0.222. The third-order valence-electron chi connectivity index (χ3n) is 2.82. The van der Waals surface area contributed by atoms with Gasteiger partial charge in [0.05, 0.1) is 0 Å². The molecule has 2 N–H and O–H groups in total. The molecule has 1 aromatic carbocycles. The van der Waals surface area contributed by atoms with Crippen molar-refractivity contribution in [2.24, 2.45) is 5.73 Å². The van der Waals surface area contributed by atoms with E-state index in [1.54, 1.807) is 0 Å². The summed E-state index contributed by atoms with van der Waals surface area (Å²) in [6, 6.07) is 5.94. The van der Waals surface area contributed by atoms with E-state index in [9.17, 15) is 0 Å². The molecule has 0 amide bonds. The summed E-state index contributed by atoms with van der Waals surface area (Å²) in [5, 5.41) is 0. The van der Waals surface area contributed by atoms with Crippen LogP contribution in [-0.2, 0) is 6.54 Å². The van der Waals surface area contributed by atoms with E-state index < -0.39 is 0 Å². The fourth-order valence-corrected chi connectivity index (χ4v) is 2.14. The van der Waals surface area contributed by atoms with Crippen molar-refractivity contribution in [2.45, 2.75) is 20.4 Å². The van der Waals surface area contributed by atoms with Crippen LogP contribution in [0.4, 0.5) is 0 Å². The molecule has 0 bridgehead atoms. The van der Waals surface area contributed by atoms with Gasteiger partial charge in [0.2, 0.25) is 0 Å². The van der Waals surface area contributed by atoms with Crippen molar-refractivity contribution in [1.29, 1.82) is 0 Å². The van der Waals surface area contributed by atoms with Gasteiger partial charge in [-0.25, -0.2) is 0 Å². The van der Waals surface area contributed by atoms with E-state index in [2.05, 4.69) is 34.7 Å². The second kappa shape index (κ2) is 7.69. The maximum absolute atomic E-state index is 5.71. The average Bonchev–Trinajstić information content (AvgIpc) is 2.35. The molecule has 0 radical (unpaired) electrons. The highest BCUT2D eigenvalue weighted by molar-refractivity contribution is 9.10. The summed E-state index contributed by atoms with van der Waals surface area (Å²) in [5.74, 6) is 0.890. The standard InChI is InChI=1S/C13H21BrN2O/c1-3-16(4-2)7-8-17-12-6-5-11(10-15)13(14)9-12/h5-6,9H,3-4,7-8,10,15H2,1-2H3. The van der Waals surface area contributed by atoms with Crippen LogP contribution in [0.2, 0.25) is 0 Å². The van der Waals surface area contributed by atoms with Crippen molar-refractivity contribution in [2.75, 3.05) is 26.2 Å². The number of nitrogens with two attached hydrogens (primary N) is 1. The molecule has 1 rings (SSSR count). The lowest BCUT2D eigenvalue weighted by atomic mass is 10.2. The third kappa shape index (κ3) is 4.66. The SMILES string of the molecule is CCN(CC)CCOc1ccc(CN)c(Br)c1. The zero-order chi connectivity index (χ0) is 12.7. The molecule has 4 heteroatoms. The normalized spacial score (nSPS) is 10.9. The van der Waals surface area contributed by atoms with E-state index >= 15 is 0 Å². The van der Waals surface area contributed by atoms with Crippen LogP contribution in [0.15, 0.2) is 22.7 Å². The Labute approximate surface area is 112 Å². The molecule has 0 atom stereocenters. The van der Waals surface area contributed by atoms with Crippen LogP contribution in [0.25, 0.3) is 0 Å². The molecular formula is C13H21BrN2O. The number of hydrogen-bond acceptors (Lipinski definition) is 3. The molecule has 0 aliphatic heterocycles.